The first-order chi connectivity index (χ1) is 19.6. The quantitative estimate of drug-likeness (QED) is 0.388. The Balaban J connectivity index is 1.32. The summed E-state index contributed by atoms with van der Waals surface area (Å²) in [4.78, 5) is 37.8. The minimum atomic E-state index is -0.507. The first kappa shape index (κ1) is 27.7. The van der Waals surface area contributed by atoms with E-state index in [1.54, 1.807) is 4.90 Å². The Morgan fingerprint density at radius 3 is 2.49 bits per heavy atom. The maximum atomic E-state index is 14.1. The summed E-state index contributed by atoms with van der Waals surface area (Å²) in [5.41, 5.74) is 2.34. The molecular weight excluding hydrogens is 518 g/mol. The molecule has 1 aliphatic heterocycles. The molecule has 1 amide bonds. The van der Waals surface area contributed by atoms with Gasteiger partial charge < -0.3 is 20.1 Å². The van der Waals surface area contributed by atoms with Crippen LogP contribution in [0.1, 0.15) is 83.7 Å². The standard InChI is InChI=1S/C32H41N5O4/c1-32(2,3)41-31(40)36-14-12-20(13-15-36)16-22-6-11-25-26(17-22)29(39)37(23-7-9-24(38)10-8-23)28-27(25)19-34-30(35-28)33-18-21-4-5-21/h6,11,16-17,19,21,23-24,38H,4-5,7-10,12-15,18H2,1-3H3,(H,33,34,35)/t23-,24-. The summed E-state index contributed by atoms with van der Waals surface area (Å²) >= 11 is 0. The van der Waals surface area contributed by atoms with Gasteiger partial charge in [-0.3, -0.25) is 9.36 Å². The van der Waals surface area contributed by atoms with E-state index in [1.165, 1.54) is 18.4 Å². The average Bonchev–Trinajstić information content (AvgIpc) is 3.77. The van der Waals surface area contributed by atoms with Gasteiger partial charge in [0.05, 0.1) is 6.10 Å². The van der Waals surface area contributed by atoms with Crippen molar-refractivity contribution >= 4 is 39.9 Å². The molecule has 2 N–H and O–H groups in total. The number of fused-ring (bicyclic) bond motifs is 3. The lowest BCUT2D eigenvalue weighted by Gasteiger charge is -2.31. The molecule has 3 heterocycles. The van der Waals surface area contributed by atoms with Crippen molar-refractivity contribution in [3.05, 3.63) is 45.9 Å². The summed E-state index contributed by atoms with van der Waals surface area (Å²) in [7, 11) is 0. The van der Waals surface area contributed by atoms with Crippen LogP contribution in [0.3, 0.4) is 0 Å². The summed E-state index contributed by atoms with van der Waals surface area (Å²) in [6.45, 7) is 7.73. The number of carbonyl (C=O) groups excluding carboxylic acids is 1. The van der Waals surface area contributed by atoms with Gasteiger partial charge in [-0.05, 0) is 95.1 Å². The van der Waals surface area contributed by atoms with Crippen LogP contribution in [0.15, 0.2) is 34.8 Å². The molecule has 3 fully saturated rings. The molecular formula is C32H41N5O4. The number of aliphatic hydroxyl groups is 1. The van der Waals surface area contributed by atoms with Crippen molar-refractivity contribution in [2.75, 3.05) is 25.0 Å². The number of piperidine rings is 1. The fraction of sp³-hybridized carbons (Fsp3) is 0.562. The number of carbonyl (C=O) groups is 1. The molecule has 1 saturated heterocycles. The highest BCUT2D eigenvalue weighted by molar-refractivity contribution is 6.04. The molecule has 9 heteroatoms. The van der Waals surface area contributed by atoms with Gasteiger partial charge >= 0.3 is 6.09 Å². The summed E-state index contributed by atoms with van der Waals surface area (Å²) in [5.74, 6) is 1.25. The number of rotatable bonds is 5. The first-order valence-corrected chi connectivity index (χ1v) is 15.1. The molecule has 0 atom stereocenters. The molecule has 41 heavy (non-hydrogen) atoms. The number of pyridine rings is 1. The molecule has 0 spiro atoms. The zero-order valence-corrected chi connectivity index (χ0v) is 24.4. The molecule has 2 aromatic heterocycles. The van der Waals surface area contributed by atoms with Crippen LogP contribution in [0.4, 0.5) is 10.7 Å². The van der Waals surface area contributed by atoms with E-state index < -0.39 is 5.60 Å². The third kappa shape index (κ3) is 6.25. The third-order valence-electron chi connectivity index (χ3n) is 8.49. The number of hydrogen-bond acceptors (Lipinski definition) is 7. The van der Waals surface area contributed by atoms with Crippen LogP contribution >= 0.6 is 0 Å². The van der Waals surface area contributed by atoms with Crippen molar-refractivity contribution in [2.24, 2.45) is 5.92 Å². The van der Waals surface area contributed by atoms with Crippen LogP contribution in [0.2, 0.25) is 0 Å². The number of aliphatic hydroxyl groups excluding tert-OH is 1. The van der Waals surface area contributed by atoms with Crippen LogP contribution in [-0.2, 0) is 4.74 Å². The van der Waals surface area contributed by atoms with Gasteiger partial charge in [0.15, 0.2) is 0 Å². The highest BCUT2D eigenvalue weighted by Gasteiger charge is 2.27. The molecule has 218 valence electrons. The maximum Gasteiger partial charge on any atom is 0.410 e. The third-order valence-corrected chi connectivity index (χ3v) is 8.49. The van der Waals surface area contributed by atoms with Gasteiger partial charge in [0, 0.05) is 42.6 Å². The van der Waals surface area contributed by atoms with E-state index >= 15 is 0 Å². The predicted octanol–water partition coefficient (Wildman–Crippen LogP) is 5.66. The molecule has 1 aromatic carbocycles. The Bertz CT molecular complexity index is 1530. The summed E-state index contributed by atoms with van der Waals surface area (Å²) in [6, 6.07) is 6.03. The molecule has 0 radical (unpaired) electrons. The first-order valence-electron chi connectivity index (χ1n) is 15.1. The van der Waals surface area contributed by atoms with Crippen molar-refractivity contribution in [3.8, 4) is 0 Å². The number of hydrogen-bond donors (Lipinski definition) is 2. The van der Waals surface area contributed by atoms with E-state index in [2.05, 4.69) is 22.4 Å². The number of benzene rings is 1. The van der Waals surface area contributed by atoms with E-state index in [0.29, 0.717) is 48.8 Å². The molecule has 0 unspecified atom stereocenters. The second kappa shape index (κ2) is 11.1. The Morgan fingerprint density at radius 1 is 1.07 bits per heavy atom. The van der Waals surface area contributed by atoms with E-state index in [9.17, 15) is 14.7 Å². The van der Waals surface area contributed by atoms with E-state index in [0.717, 1.165) is 48.6 Å². The SMILES string of the molecule is CC(C)(C)OC(=O)N1CCC(=Cc2ccc3c(c2)c(=O)n([C@H]2CC[C@H](O)CC2)c2nc(NCC4CC4)ncc32)CC1. The topological polar surface area (TPSA) is 110 Å². The van der Waals surface area contributed by atoms with Gasteiger partial charge in [0.25, 0.3) is 5.56 Å². The minimum absolute atomic E-state index is 0.0109. The predicted molar refractivity (Wildman–Crippen MR) is 161 cm³/mol. The van der Waals surface area contributed by atoms with Crippen molar-refractivity contribution in [3.63, 3.8) is 0 Å². The van der Waals surface area contributed by atoms with E-state index in [1.807, 2.05) is 43.7 Å². The van der Waals surface area contributed by atoms with Gasteiger partial charge in [-0.1, -0.05) is 23.8 Å². The number of nitrogens with zero attached hydrogens (tertiary/aromatic N) is 4. The van der Waals surface area contributed by atoms with Gasteiger partial charge in [0.1, 0.15) is 11.2 Å². The van der Waals surface area contributed by atoms with E-state index in [4.69, 9.17) is 9.72 Å². The summed E-state index contributed by atoms with van der Waals surface area (Å²) in [6.07, 6.45) is 10.3. The number of aromatic nitrogens is 3. The highest BCUT2D eigenvalue weighted by atomic mass is 16.6. The Hall–Kier alpha value is -3.46. The van der Waals surface area contributed by atoms with Crippen LogP contribution in [0, 0.1) is 5.92 Å². The number of amides is 1. The summed E-state index contributed by atoms with van der Waals surface area (Å²) in [5, 5.41) is 15.9. The van der Waals surface area contributed by atoms with Crippen molar-refractivity contribution in [1.82, 2.24) is 19.4 Å². The minimum Gasteiger partial charge on any atom is -0.444 e. The molecule has 6 rings (SSSR count). The van der Waals surface area contributed by atoms with Crippen LogP contribution in [0.5, 0.6) is 0 Å². The zero-order valence-electron chi connectivity index (χ0n) is 24.4. The molecule has 2 aliphatic carbocycles. The Morgan fingerprint density at radius 2 is 1.80 bits per heavy atom. The van der Waals surface area contributed by atoms with Gasteiger partial charge in [0.2, 0.25) is 5.95 Å². The highest BCUT2D eigenvalue weighted by Crippen LogP contribution is 2.33. The number of nitrogens with one attached hydrogen (secondary N) is 1. The second-order valence-electron chi connectivity index (χ2n) is 13.0. The zero-order chi connectivity index (χ0) is 28.7. The largest absolute Gasteiger partial charge is 0.444 e. The second-order valence-corrected chi connectivity index (χ2v) is 13.0. The van der Waals surface area contributed by atoms with Crippen LogP contribution in [-0.4, -0.2) is 62.0 Å². The molecule has 3 aliphatic rings. The Kier molecular flexibility index (Phi) is 7.49. The summed E-state index contributed by atoms with van der Waals surface area (Å²) < 4.78 is 7.40. The number of anilines is 1. The fourth-order valence-electron chi connectivity index (χ4n) is 6.02. The average molecular weight is 560 g/mol. The smallest absolute Gasteiger partial charge is 0.410 e. The maximum absolute atomic E-state index is 14.1. The molecule has 3 aromatic rings. The van der Waals surface area contributed by atoms with Crippen molar-refractivity contribution in [2.45, 2.75) is 89.9 Å². The Labute approximate surface area is 240 Å². The van der Waals surface area contributed by atoms with E-state index in [-0.39, 0.29) is 23.8 Å². The lowest BCUT2D eigenvalue weighted by Crippen LogP contribution is -2.40. The van der Waals surface area contributed by atoms with Gasteiger partial charge in [-0.2, -0.15) is 4.98 Å². The number of likely N-dealkylation sites (tertiary alicyclic amines) is 1. The van der Waals surface area contributed by atoms with Crippen LogP contribution in [0.25, 0.3) is 27.9 Å². The molecule has 2 saturated carbocycles. The van der Waals surface area contributed by atoms with Crippen molar-refractivity contribution in [1.29, 1.82) is 0 Å². The molecule has 9 nitrogen and oxygen atoms in total. The fourth-order valence-corrected chi connectivity index (χ4v) is 6.02. The monoisotopic (exact) mass is 559 g/mol. The molecule has 0 bridgehead atoms. The van der Waals surface area contributed by atoms with Crippen molar-refractivity contribution < 1.29 is 14.6 Å². The van der Waals surface area contributed by atoms with Crippen LogP contribution < -0.4 is 10.9 Å². The lowest BCUT2D eigenvalue weighted by molar-refractivity contribution is 0.0237. The number of ether oxygens (including phenoxy) is 1. The normalized spacial score (nSPS) is 21.8. The lowest BCUT2D eigenvalue weighted by atomic mass is 9.92. The van der Waals surface area contributed by atoms with Gasteiger partial charge in [-0.15, -0.1) is 0 Å². The van der Waals surface area contributed by atoms with Gasteiger partial charge in [-0.25, -0.2) is 9.78 Å².